The number of amides is 1. The Bertz CT molecular complexity index is 734. The van der Waals surface area contributed by atoms with E-state index in [9.17, 15) is 4.79 Å². The number of pyridine rings is 1. The van der Waals surface area contributed by atoms with Crippen molar-refractivity contribution >= 4 is 22.4 Å². The molecule has 3 rings (SSSR count). The number of nitrogens with two attached hydrogens (primary N) is 1. The van der Waals surface area contributed by atoms with E-state index >= 15 is 0 Å². The van der Waals surface area contributed by atoms with Gasteiger partial charge in [-0.25, -0.2) is 0 Å². The monoisotopic (exact) mass is 283 g/mol. The van der Waals surface area contributed by atoms with Gasteiger partial charge in [-0.2, -0.15) is 0 Å². The first-order valence-corrected chi connectivity index (χ1v) is 6.93. The van der Waals surface area contributed by atoms with Crippen molar-refractivity contribution in [3.05, 3.63) is 42.2 Å². The predicted molar refractivity (Wildman–Crippen MR) is 80.7 cm³/mol. The maximum absolute atomic E-state index is 11.8. The summed E-state index contributed by atoms with van der Waals surface area (Å²) in [6.07, 6.45) is 2.08. The highest BCUT2D eigenvalue weighted by Gasteiger charge is 2.48. The number of carbonyl (C=O) groups is 1. The fourth-order valence-electron chi connectivity index (χ4n) is 2.65. The van der Waals surface area contributed by atoms with Crippen LogP contribution in [0.25, 0.3) is 10.8 Å². The topological polar surface area (TPSA) is 77.6 Å². The Labute approximate surface area is 122 Å². The van der Waals surface area contributed by atoms with Crippen LogP contribution < -0.4 is 5.73 Å². The Hall–Kier alpha value is -2.43. The quantitative estimate of drug-likeness (QED) is 0.938. The molecular formula is C16H17N3O2. The second-order valence-corrected chi connectivity index (χ2v) is 5.60. The average molecular weight is 283 g/mol. The second kappa shape index (κ2) is 4.84. The van der Waals surface area contributed by atoms with Gasteiger partial charge < -0.3 is 10.6 Å². The fourth-order valence-corrected chi connectivity index (χ4v) is 2.65. The van der Waals surface area contributed by atoms with Crippen molar-refractivity contribution in [2.45, 2.75) is 25.9 Å². The van der Waals surface area contributed by atoms with E-state index in [0.29, 0.717) is 12.1 Å². The van der Waals surface area contributed by atoms with Gasteiger partial charge in [0.15, 0.2) is 0 Å². The predicted octanol–water partition coefficient (Wildman–Crippen LogP) is 2.24. The molecule has 0 saturated carbocycles. The molecule has 1 aliphatic heterocycles. The molecule has 2 heterocycles. The lowest BCUT2D eigenvalue weighted by molar-refractivity contribution is -0.146. The minimum atomic E-state index is -1.08. The van der Waals surface area contributed by atoms with Gasteiger partial charge in [0, 0.05) is 23.9 Å². The van der Waals surface area contributed by atoms with E-state index in [0.717, 1.165) is 16.5 Å². The summed E-state index contributed by atoms with van der Waals surface area (Å²) < 4.78 is 0. The summed E-state index contributed by atoms with van der Waals surface area (Å²) in [5.74, 6) is -0.553. The van der Waals surface area contributed by atoms with Crippen LogP contribution in [0.4, 0.5) is 0 Å². The Morgan fingerprint density at radius 2 is 2.10 bits per heavy atom. The largest absolute Gasteiger partial charge is 0.378 e. The van der Waals surface area contributed by atoms with Gasteiger partial charge in [0.1, 0.15) is 5.71 Å². The van der Waals surface area contributed by atoms with Crippen LogP contribution in [0.2, 0.25) is 0 Å². The molecule has 1 aliphatic rings. The summed E-state index contributed by atoms with van der Waals surface area (Å²) >= 11 is 0. The molecule has 108 valence electrons. The number of hydrogen-bond acceptors (Lipinski definition) is 4. The lowest BCUT2D eigenvalue weighted by Gasteiger charge is -2.26. The maximum Gasteiger partial charge on any atom is 0.265 e. The van der Waals surface area contributed by atoms with Gasteiger partial charge in [0.05, 0.1) is 5.69 Å². The van der Waals surface area contributed by atoms with E-state index in [-0.39, 0.29) is 5.92 Å². The van der Waals surface area contributed by atoms with Crippen LogP contribution in [-0.4, -0.2) is 22.2 Å². The molecule has 1 aromatic heterocycles. The van der Waals surface area contributed by atoms with Crippen molar-refractivity contribution in [3.63, 3.8) is 0 Å². The number of aromatic nitrogens is 1. The normalized spacial score (nSPS) is 21.4. The summed E-state index contributed by atoms with van der Waals surface area (Å²) in [4.78, 5) is 21.7. The van der Waals surface area contributed by atoms with Gasteiger partial charge >= 0.3 is 0 Å². The van der Waals surface area contributed by atoms with Crippen molar-refractivity contribution in [3.8, 4) is 0 Å². The van der Waals surface area contributed by atoms with Crippen LogP contribution in [-0.2, 0) is 9.63 Å². The molecule has 0 saturated heterocycles. The number of fused-ring (bicyclic) bond motifs is 1. The van der Waals surface area contributed by atoms with E-state index in [2.05, 4.69) is 10.1 Å². The zero-order valence-electron chi connectivity index (χ0n) is 12.0. The highest BCUT2D eigenvalue weighted by atomic mass is 16.7. The van der Waals surface area contributed by atoms with Gasteiger partial charge in [-0.3, -0.25) is 9.78 Å². The first-order valence-electron chi connectivity index (χ1n) is 6.93. The maximum atomic E-state index is 11.8. The van der Waals surface area contributed by atoms with Crippen LogP contribution in [0.1, 0.15) is 26.0 Å². The molecule has 0 radical (unpaired) electrons. The van der Waals surface area contributed by atoms with Crippen LogP contribution in [0.3, 0.4) is 0 Å². The number of hydrogen-bond donors (Lipinski definition) is 1. The smallest absolute Gasteiger partial charge is 0.265 e. The molecule has 5 heteroatoms. The minimum Gasteiger partial charge on any atom is -0.378 e. The van der Waals surface area contributed by atoms with Crippen LogP contribution in [0, 0.1) is 5.92 Å². The molecule has 1 aromatic carbocycles. The van der Waals surface area contributed by atoms with E-state index in [1.54, 1.807) is 6.20 Å². The number of carbonyl (C=O) groups excluding carboxylic acids is 1. The van der Waals surface area contributed by atoms with Gasteiger partial charge in [-0.05, 0) is 11.5 Å². The molecule has 1 atom stereocenters. The van der Waals surface area contributed by atoms with Gasteiger partial charge in [0.2, 0.25) is 5.60 Å². The first-order chi connectivity index (χ1) is 10.0. The third kappa shape index (κ3) is 2.05. The highest BCUT2D eigenvalue weighted by Crippen LogP contribution is 2.34. The molecule has 1 unspecified atom stereocenters. The first kappa shape index (κ1) is 13.5. The lowest BCUT2D eigenvalue weighted by Crippen LogP contribution is -2.48. The minimum absolute atomic E-state index is 0.0637. The summed E-state index contributed by atoms with van der Waals surface area (Å²) in [5.41, 5.74) is 5.87. The third-order valence-electron chi connectivity index (χ3n) is 4.05. The van der Waals surface area contributed by atoms with E-state index in [4.69, 9.17) is 10.6 Å². The van der Waals surface area contributed by atoms with E-state index < -0.39 is 11.5 Å². The Morgan fingerprint density at radius 1 is 1.33 bits per heavy atom. The Kier molecular flexibility index (Phi) is 3.12. The van der Waals surface area contributed by atoms with Crippen molar-refractivity contribution in [1.29, 1.82) is 0 Å². The summed E-state index contributed by atoms with van der Waals surface area (Å²) in [6, 6.07) is 9.87. The van der Waals surface area contributed by atoms with Crippen LogP contribution >= 0.6 is 0 Å². The zero-order chi connectivity index (χ0) is 15.0. The number of benzene rings is 1. The van der Waals surface area contributed by atoms with E-state index in [1.165, 1.54) is 0 Å². The van der Waals surface area contributed by atoms with Gasteiger partial charge in [0.25, 0.3) is 5.91 Å². The third-order valence-corrected chi connectivity index (χ3v) is 4.05. The number of nitrogens with zero attached hydrogens (tertiary/aromatic N) is 2. The summed E-state index contributed by atoms with van der Waals surface area (Å²) in [5, 5.41) is 6.17. The van der Waals surface area contributed by atoms with E-state index in [1.807, 2.05) is 44.2 Å². The van der Waals surface area contributed by atoms with Crippen molar-refractivity contribution in [1.82, 2.24) is 4.98 Å². The zero-order valence-corrected chi connectivity index (χ0v) is 12.0. The van der Waals surface area contributed by atoms with Crippen LogP contribution in [0.15, 0.2) is 41.7 Å². The molecule has 21 heavy (non-hydrogen) atoms. The molecule has 2 aromatic rings. The molecule has 1 amide bonds. The number of oxime groups is 1. The fraction of sp³-hybridized carbons (Fsp3) is 0.312. The molecule has 0 spiro atoms. The standard InChI is InChI=1S/C16H17N3O2/c1-10(2)16(15(17)20)9-13(19-21-16)14-12-6-4-3-5-11(12)7-8-18-14/h3-8,10H,9H2,1-2H3,(H2,17,20). The second-order valence-electron chi connectivity index (χ2n) is 5.60. The average Bonchev–Trinajstić information content (AvgIpc) is 2.93. The van der Waals surface area contributed by atoms with Crippen molar-refractivity contribution in [2.75, 3.05) is 0 Å². The number of primary amides is 1. The Morgan fingerprint density at radius 3 is 2.76 bits per heavy atom. The number of rotatable bonds is 3. The molecule has 0 fully saturated rings. The molecule has 0 bridgehead atoms. The molecule has 5 nitrogen and oxygen atoms in total. The SMILES string of the molecule is CC(C)C1(C(N)=O)CC(c2nccc3ccccc23)=NO1. The molecule has 0 aliphatic carbocycles. The van der Waals surface area contributed by atoms with Crippen LogP contribution in [0.5, 0.6) is 0 Å². The Balaban J connectivity index is 2.04. The highest BCUT2D eigenvalue weighted by molar-refractivity contribution is 6.11. The summed E-state index contributed by atoms with van der Waals surface area (Å²) in [7, 11) is 0. The van der Waals surface area contributed by atoms with Crippen molar-refractivity contribution < 1.29 is 9.63 Å². The molecular weight excluding hydrogens is 266 g/mol. The van der Waals surface area contributed by atoms with Gasteiger partial charge in [-0.15, -0.1) is 0 Å². The molecule has 2 N–H and O–H groups in total. The van der Waals surface area contributed by atoms with Gasteiger partial charge in [-0.1, -0.05) is 43.3 Å². The summed E-state index contributed by atoms with van der Waals surface area (Å²) in [6.45, 7) is 3.81. The lowest BCUT2D eigenvalue weighted by atomic mass is 9.84. The van der Waals surface area contributed by atoms with Crippen molar-refractivity contribution in [2.24, 2.45) is 16.8 Å².